The second kappa shape index (κ2) is 8.42. The third-order valence-electron chi connectivity index (χ3n) is 5.89. The van der Waals surface area contributed by atoms with E-state index in [2.05, 4.69) is 16.7 Å². The maximum absolute atomic E-state index is 12.2. The zero-order valence-electron chi connectivity index (χ0n) is 17.6. The fourth-order valence-electron chi connectivity index (χ4n) is 4.27. The number of primary amides is 1. The Labute approximate surface area is 206 Å². The van der Waals surface area contributed by atoms with Crippen LogP contribution < -0.4 is 5.73 Å². The van der Waals surface area contributed by atoms with E-state index in [1.165, 1.54) is 0 Å². The van der Waals surface area contributed by atoms with Crippen LogP contribution in [0.2, 0.25) is 15.1 Å². The van der Waals surface area contributed by atoms with Gasteiger partial charge in [-0.2, -0.15) is 0 Å². The van der Waals surface area contributed by atoms with Crippen LogP contribution in [-0.4, -0.2) is 10.5 Å². The van der Waals surface area contributed by atoms with Gasteiger partial charge >= 0.3 is 0 Å². The van der Waals surface area contributed by atoms with Crippen LogP contribution >= 0.6 is 34.8 Å². The molecule has 3 nitrogen and oxygen atoms in total. The number of rotatable bonds is 4. The van der Waals surface area contributed by atoms with E-state index in [0.717, 1.165) is 44.1 Å². The van der Waals surface area contributed by atoms with E-state index in [9.17, 15) is 4.79 Å². The van der Waals surface area contributed by atoms with Gasteiger partial charge in [0.25, 0.3) is 0 Å². The van der Waals surface area contributed by atoms with Gasteiger partial charge in [0.1, 0.15) is 0 Å². The van der Waals surface area contributed by atoms with Crippen molar-refractivity contribution in [3.63, 3.8) is 0 Å². The van der Waals surface area contributed by atoms with Gasteiger partial charge in [0.2, 0.25) is 5.91 Å². The molecule has 5 rings (SSSR count). The Morgan fingerprint density at radius 1 is 0.939 bits per heavy atom. The lowest BCUT2D eigenvalue weighted by Crippen LogP contribution is -2.11. The molecule has 0 bridgehead atoms. The highest BCUT2D eigenvalue weighted by molar-refractivity contribution is 6.39. The number of fused-ring (bicyclic) bond motifs is 3. The summed E-state index contributed by atoms with van der Waals surface area (Å²) in [4.78, 5) is 12.2. The zero-order chi connectivity index (χ0) is 23.3. The highest BCUT2D eigenvalue weighted by atomic mass is 35.5. The molecule has 5 aromatic rings. The van der Waals surface area contributed by atoms with E-state index < -0.39 is 5.91 Å². The number of benzene rings is 4. The summed E-state index contributed by atoms with van der Waals surface area (Å²) in [5, 5.41) is 3.41. The lowest BCUT2D eigenvalue weighted by Gasteiger charge is -2.11. The number of carbonyl (C=O) groups excluding carboxylic acids is 1. The van der Waals surface area contributed by atoms with E-state index in [1.807, 2.05) is 61.5 Å². The van der Waals surface area contributed by atoms with Crippen molar-refractivity contribution in [3.05, 3.63) is 105 Å². The van der Waals surface area contributed by atoms with Crippen LogP contribution in [0.5, 0.6) is 0 Å². The molecular formula is C27H18Cl3N2O. The number of aryl methyl sites for hydroxylation is 1. The van der Waals surface area contributed by atoms with Crippen LogP contribution in [0.25, 0.3) is 32.9 Å². The fourth-order valence-corrected chi connectivity index (χ4v) is 5.09. The molecule has 0 spiro atoms. The number of hydrogen-bond acceptors (Lipinski definition) is 1. The summed E-state index contributed by atoms with van der Waals surface area (Å²) in [5.74, 6) is -0.482. The first kappa shape index (κ1) is 21.8. The van der Waals surface area contributed by atoms with Crippen molar-refractivity contribution in [1.29, 1.82) is 0 Å². The molecule has 4 aromatic carbocycles. The monoisotopic (exact) mass is 491 g/mol. The fraction of sp³-hybridized carbons (Fsp3) is 0.0741. The molecule has 1 amide bonds. The lowest BCUT2D eigenvalue weighted by molar-refractivity contribution is 0.100. The maximum atomic E-state index is 12.2. The minimum atomic E-state index is -0.482. The summed E-state index contributed by atoms with van der Waals surface area (Å²) < 4.78 is 2.14. The summed E-state index contributed by atoms with van der Waals surface area (Å²) >= 11 is 19.4. The highest BCUT2D eigenvalue weighted by Crippen LogP contribution is 2.39. The van der Waals surface area contributed by atoms with Crippen molar-refractivity contribution in [1.82, 2.24) is 4.57 Å². The maximum Gasteiger partial charge on any atom is 0.249 e. The Hall–Kier alpha value is -2.98. The third kappa shape index (κ3) is 3.76. The first-order valence-corrected chi connectivity index (χ1v) is 11.4. The van der Waals surface area contributed by atoms with Gasteiger partial charge in [0.15, 0.2) is 0 Å². The van der Waals surface area contributed by atoms with E-state index in [0.29, 0.717) is 27.2 Å². The second-order valence-electron chi connectivity index (χ2n) is 7.98. The molecule has 163 valence electrons. The number of hydrogen-bond donors (Lipinski definition) is 1. The minimum absolute atomic E-state index is 0.456. The van der Waals surface area contributed by atoms with Gasteiger partial charge in [-0.3, -0.25) is 4.79 Å². The smallest absolute Gasteiger partial charge is 0.249 e. The minimum Gasteiger partial charge on any atom is -0.366 e. The molecule has 1 radical (unpaired) electrons. The van der Waals surface area contributed by atoms with Gasteiger partial charge in [0, 0.05) is 43.5 Å². The zero-order valence-corrected chi connectivity index (χ0v) is 19.9. The molecule has 2 N–H and O–H groups in total. The average molecular weight is 493 g/mol. The summed E-state index contributed by atoms with van der Waals surface area (Å²) in [6.45, 7) is 2.52. The molecule has 0 fully saturated rings. The van der Waals surface area contributed by atoms with Crippen LogP contribution in [-0.2, 0) is 6.54 Å². The molecule has 1 heterocycles. The van der Waals surface area contributed by atoms with Gasteiger partial charge in [-0.1, -0.05) is 59.1 Å². The van der Waals surface area contributed by atoms with Crippen LogP contribution in [0.3, 0.4) is 0 Å². The number of nitrogens with two attached hydrogens (primary N) is 1. The van der Waals surface area contributed by atoms with Gasteiger partial charge in [-0.25, -0.2) is 0 Å². The van der Waals surface area contributed by atoms with Crippen LogP contribution in [0.4, 0.5) is 0 Å². The molecular weight excluding hydrogens is 475 g/mol. The molecule has 0 aliphatic carbocycles. The molecule has 6 heteroatoms. The van der Waals surface area contributed by atoms with Gasteiger partial charge < -0.3 is 10.3 Å². The molecule has 0 atom stereocenters. The summed E-state index contributed by atoms with van der Waals surface area (Å²) in [6, 6.07) is 24.2. The van der Waals surface area contributed by atoms with Crippen molar-refractivity contribution >= 4 is 62.5 Å². The number of nitrogens with zero attached hydrogens (tertiary/aromatic N) is 1. The number of amides is 1. The molecule has 33 heavy (non-hydrogen) atoms. The molecule has 0 aliphatic heterocycles. The van der Waals surface area contributed by atoms with Crippen molar-refractivity contribution in [2.75, 3.05) is 0 Å². The van der Waals surface area contributed by atoms with Gasteiger partial charge in [-0.15, -0.1) is 0 Å². The lowest BCUT2D eigenvalue weighted by atomic mass is 10.0. The van der Waals surface area contributed by atoms with Crippen LogP contribution in [0.1, 0.15) is 21.5 Å². The van der Waals surface area contributed by atoms with E-state index in [1.54, 1.807) is 6.07 Å². The second-order valence-corrected chi connectivity index (χ2v) is 9.20. The standard InChI is InChI=1S/C27H18Cl3N2O/c1-15-8-9-16(12-22(15)30)14-32-23-7-2-4-19(27(31)33)26(23)18-11-10-17(13-24(18)32)25-20(28)5-3-6-21(25)29/h2-10,12-13H,14H2,1H3,(H2,31,33). The van der Waals surface area contributed by atoms with Crippen molar-refractivity contribution in [2.24, 2.45) is 5.73 Å². The molecule has 0 saturated heterocycles. The summed E-state index contributed by atoms with van der Waals surface area (Å²) in [5.41, 5.74) is 11.6. The average Bonchev–Trinajstić information content (AvgIpc) is 3.09. The Kier molecular flexibility index (Phi) is 5.57. The Bertz CT molecular complexity index is 1550. The van der Waals surface area contributed by atoms with Crippen molar-refractivity contribution < 1.29 is 4.79 Å². The normalized spacial score (nSPS) is 11.4. The first-order chi connectivity index (χ1) is 15.8. The number of carbonyl (C=O) groups is 1. The Balaban J connectivity index is 1.82. The molecule has 1 aromatic heterocycles. The topological polar surface area (TPSA) is 48.0 Å². The van der Waals surface area contributed by atoms with E-state index >= 15 is 0 Å². The van der Waals surface area contributed by atoms with Crippen molar-refractivity contribution in [2.45, 2.75) is 13.5 Å². The Morgan fingerprint density at radius 3 is 2.36 bits per heavy atom. The summed E-state index contributed by atoms with van der Waals surface area (Å²) in [6.07, 6.45) is 0. The predicted octanol–water partition coefficient (Wildman–Crippen LogP) is 7.68. The van der Waals surface area contributed by atoms with Crippen LogP contribution in [0.15, 0.2) is 66.7 Å². The number of aromatic nitrogens is 1. The molecule has 0 saturated carbocycles. The number of halogens is 3. The summed E-state index contributed by atoms with van der Waals surface area (Å²) in [7, 11) is 0. The predicted molar refractivity (Wildman–Crippen MR) is 138 cm³/mol. The van der Waals surface area contributed by atoms with E-state index in [4.69, 9.17) is 40.5 Å². The third-order valence-corrected chi connectivity index (χ3v) is 6.93. The molecule has 0 unspecified atom stereocenters. The van der Waals surface area contributed by atoms with Gasteiger partial charge in [0.05, 0.1) is 11.0 Å². The SMILES string of the molecule is Cc1ccc(Cn2c3cc(-c4c(Cl)cccc4Cl)c[c]c3c3c(C(N)=O)cccc32)cc1Cl. The van der Waals surface area contributed by atoms with Crippen molar-refractivity contribution in [3.8, 4) is 11.1 Å². The van der Waals surface area contributed by atoms with Gasteiger partial charge in [-0.05, 0) is 72.1 Å². The first-order valence-electron chi connectivity index (χ1n) is 10.3. The Morgan fingerprint density at radius 2 is 1.67 bits per heavy atom. The highest BCUT2D eigenvalue weighted by Gasteiger charge is 2.19. The quantitative estimate of drug-likeness (QED) is 0.275. The van der Waals surface area contributed by atoms with E-state index in [-0.39, 0.29) is 0 Å². The van der Waals surface area contributed by atoms with Crippen LogP contribution in [0, 0.1) is 13.0 Å². The molecule has 0 aliphatic rings. The largest absolute Gasteiger partial charge is 0.366 e.